The van der Waals surface area contributed by atoms with Gasteiger partial charge in [0, 0.05) is 56.3 Å². The summed E-state index contributed by atoms with van der Waals surface area (Å²) < 4.78 is 56.8. The predicted molar refractivity (Wildman–Crippen MR) is 218 cm³/mol. The minimum absolute atomic E-state index is 0.0806. The van der Waals surface area contributed by atoms with Crippen molar-refractivity contribution in [2.45, 2.75) is 186 Å². The zero-order valence-electron chi connectivity index (χ0n) is 38.7. The van der Waals surface area contributed by atoms with Gasteiger partial charge in [0.1, 0.15) is 30.3 Å². The van der Waals surface area contributed by atoms with E-state index in [-0.39, 0.29) is 37.2 Å². The summed E-state index contributed by atoms with van der Waals surface area (Å²) in [4.78, 5) is 61.1. The number of carbonyl (C=O) groups is 4. The SMILES string of the molecule is CC[C@H]1OC(=O)[C@H](C)[C@@H](OC2CC(C)(OC)C(OC(C)=O)C(C)O2)[C@H](C)[C@@H](OC2OC(C)CC(N(C)C)C2O)[C@@](C)(OC)C[C@@H](C)C(=O)[C@H](C)[C@H]2N(CN=[N+]=[N-])C(=O)O[C@]12C. The molecule has 1 N–H and O–H groups in total. The topological polar surface area (TPSA) is 227 Å². The summed E-state index contributed by atoms with van der Waals surface area (Å²) >= 11 is 0. The van der Waals surface area contributed by atoms with E-state index in [0.717, 1.165) is 0 Å². The predicted octanol–water partition coefficient (Wildman–Crippen LogP) is 4.75. The maximum absolute atomic E-state index is 14.7. The van der Waals surface area contributed by atoms with Crippen LogP contribution in [0.15, 0.2) is 5.11 Å². The van der Waals surface area contributed by atoms with Crippen LogP contribution in [0.4, 0.5) is 4.79 Å². The fourth-order valence-corrected chi connectivity index (χ4v) is 10.3. The van der Waals surface area contributed by atoms with E-state index in [1.807, 2.05) is 32.8 Å². The number of aliphatic hydroxyl groups excluding tert-OH is 1. The summed E-state index contributed by atoms with van der Waals surface area (Å²) in [6.07, 6.45) is -8.11. The number of methoxy groups -OCH3 is 2. The molecule has 0 aromatic heterocycles. The molecule has 19 heteroatoms. The van der Waals surface area contributed by atoms with Crippen LogP contribution >= 0.6 is 0 Å². The number of carbonyl (C=O) groups excluding carboxylic acids is 4. The number of cyclic esters (lactones) is 1. The third kappa shape index (κ3) is 10.5. The number of azide groups is 1. The highest BCUT2D eigenvalue weighted by molar-refractivity contribution is 5.85. The first kappa shape index (κ1) is 50.5. The van der Waals surface area contributed by atoms with Gasteiger partial charge in [-0.2, -0.15) is 0 Å². The van der Waals surface area contributed by atoms with Gasteiger partial charge in [0.15, 0.2) is 24.3 Å². The molecule has 0 aromatic carbocycles. The van der Waals surface area contributed by atoms with Gasteiger partial charge in [0.2, 0.25) is 0 Å². The van der Waals surface area contributed by atoms with Crippen molar-refractivity contribution >= 4 is 23.8 Å². The highest BCUT2D eigenvalue weighted by atomic mass is 16.7. The molecule has 0 spiro atoms. The van der Waals surface area contributed by atoms with Crippen LogP contribution in [-0.4, -0.2) is 158 Å². The minimum atomic E-state index is -1.55. The number of Topliss-reactive ketones (excluding diaryl/α,β-unsaturated/α-hetero) is 1. The number of nitrogens with zero attached hydrogens (tertiary/aromatic N) is 5. The number of ketones is 1. The van der Waals surface area contributed by atoms with E-state index >= 15 is 0 Å². The number of fused-ring (bicyclic) bond motifs is 1. The first-order valence-electron chi connectivity index (χ1n) is 21.4. The Labute approximate surface area is 360 Å². The molecule has 0 bridgehead atoms. The number of amides is 1. The molecule has 4 rings (SSSR count). The lowest BCUT2D eigenvalue weighted by Gasteiger charge is -2.50. The van der Waals surface area contributed by atoms with Gasteiger partial charge in [-0.15, -0.1) is 0 Å². The molecule has 4 heterocycles. The van der Waals surface area contributed by atoms with Gasteiger partial charge < -0.3 is 52.6 Å². The van der Waals surface area contributed by atoms with E-state index in [1.54, 1.807) is 55.4 Å². The summed E-state index contributed by atoms with van der Waals surface area (Å²) in [6.45, 7) is 18.5. The quantitative estimate of drug-likeness (QED) is 0.0972. The maximum atomic E-state index is 14.7. The third-order valence-electron chi connectivity index (χ3n) is 13.7. The maximum Gasteiger partial charge on any atom is 0.411 e. The largest absolute Gasteiger partial charge is 0.458 e. The Morgan fingerprint density at radius 2 is 1.59 bits per heavy atom. The number of esters is 2. The second-order valence-corrected chi connectivity index (χ2v) is 18.4. The number of aliphatic hydroxyl groups is 1. The fraction of sp³-hybridized carbons (Fsp3) is 0.905. The number of rotatable bonds is 11. The lowest BCUT2D eigenvalue weighted by atomic mass is 9.73. The first-order chi connectivity index (χ1) is 28.4. The second kappa shape index (κ2) is 20.1. The molecule has 4 saturated heterocycles. The van der Waals surface area contributed by atoms with Crippen LogP contribution in [0.3, 0.4) is 0 Å². The summed E-state index contributed by atoms with van der Waals surface area (Å²) in [7, 11) is 6.75. The molecule has 0 aromatic rings. The van der Waals surface area contributed by atoms with Crippen LogP contribution in [0.2, 0.25) is 0 Å². The van der Waals surface area contributed by atoms with E-state index in [9.17, 15) is 29.8 Å². The Bertz CT molecular complexity index is 1620. The molecule has 0 aliphatic carbocycles. The summed E-state index contributed by atoms with van der Waals surface area (Å²) in [5.41, 5.74) is 5.29. The average molecular weight is 870 g/mol. The summed E-state index contributed by atoms with van der Waals surface area (Å²) in [5.74, 6) is -4.92. The van der Waals surface area contributed by atoms with Gasteiger partial charge in [-0.05, 0) is 80.4 Å². The molecule has 4 fully saturated rings. The van der Waals surface area contributed by atoms with Crippen molar-refractivity contribution in [1.29, 1.82) is 0 Å². The van der Waals surface area contributed by atoms with Gasteiger partial charge >= 0.3 is 18.0 Å². The van der Waals surface area contributed by atoms with Crippen molar-refractivity contribution in [1.82, 2.24) is 9.80 Å². The second-order valence-electron chi connectivity index (χ2n) is 18.4. The number of likely N-dealkylation sites (N-methyl/N-ethyl adjacent to an activating group) is 1. The van der Waals surface area contributed by atoms with E-state index in [1.165, 1.54) is 26.0 Å². The van der Waals surface area contributed by atoms with Crippen molar-refractivity contribution < 1.29 is 66.9 Å². The molecule has 0 saturated carbocycles. The average Bonchev–Trinajstić information content (AvgIpc) is 3.46. The molecular formula is C42H71N5O14. The molecule has 61 heavy (non-hydrogen) atoms. The Morgan fingerprint density at radius 3 is 2.15 bits per heavy atom. The molecule has 19 nitrogen and oxygen atoms in total. The monoisotopic (exact) mass is 869 g/mol. The van der Waals surface area contributed by atoms with Gasteiger partial charge in [0.25, 0.3) is 0 Å². The van der Waals surface area contributed by atoms with Crippen molar-refractivity contribution in [2.24, 2.45) is 28.8 Å². The van der Waals surface area contributed by atoms with Crippen LogP contribution in [0, 0.1) is 23.7 Å². The highest BCUT2D eigenvalue weighted by Crippen LogP contribution is 2.45. The standard InChI is InChI=1S/C42H71N5O14/c1-16-29-42(11)34(47(20-44-45-43)39(52)61-42)23(4)31(49)21(2)18-40(9,53-14)35(60-38-32(50)28(46(12)13)17-22(3)55-38)24(5)33(25(6)37(51)58-29)59-30-19-41(10,54-15)36(26(7)56-30)57-27(8)48/h21-26,28-30,32-36,38,50H,16-20H2,1-15H3/t21-,22?,23+,24+,25-,26?,28?,29-,30?,32?,33+,34-,35-,36?,38?,40+,41?,42-/m1/s1. The van der Waals surface area contributed by atoms with Crippen LogP contribution in [0.1, 0.15) is 102 Å². The fourth-order valence-electron chi connectivity index (χ4n) is 10.3. The van der Waals surface area contributed by atoms with E-state index in [2.05, 4.69) is 10.0 Å². The number of ether oxygens (including phenoxy) is 9. The molecular weight excluding hydrogens is 798 g/mol. The van der Waals surface area contributed by atoms with E-state index in [4.69, 9.17) is 42.6 Å². The molecule has 0 radical (unpaired) electrons. The molecule has 4 aliphatic heterocycles. The highest BCUT2D eigenvalue weighted by Gasteiger charge is 2.61. The Morgan fingerprint density at radius 1 is 0.967 bits per heavy atom. The van der Waals surface area contributed by atoms with Crippen LogP contribution in [-0.2, 0) is 57.0 Å². The van der Waals surface area contributed by atoms with Crippen LogP contribution in [0.5, 0.6) is 0 Å². The van der Waals surface area contributed by atoms with Crippen molar-refractivity contribution in [2.75, 3.05) is 35.0 Å². The first-order valence-corrected chi connectivity index (χ1v) is 21.4. The molecule has 8 unspecified atom stereocenters. The summed E-state index contributed by atoms with van der Waals surface area (Å²) in [5, 5.41) is 15.4. The molecule has 18 atom stereocenters. The Hall–Kier alpha value is -3.13. The normalized spacial score (nSPS) is 44.0. The van der Waals surface area contributed by atoms with Gasteiger partial charge in [-0.25, -0.2) is 4.79 Å². The minimum Gasteiger partial charge on any atom is -0.458 e. The number of hydrogen-bond acceptors (Lipinski definition) is 16. The lowest BCUT2D eigenvalue weighted by Crippen LogP contribution is -2.62. The number of hydrogen-bond donors (Lipinski definition) is 1. The Kier molecular flexibility index (Phi) is 16.7. The van der Waals surface area contributed by atoms with Crippen LogP contribution in [0.25, 0.3) is 10.4 Å². The van der Waals surface area contributed by atoms with Gasteiger partial charge in [-0.3, -0.25) is 19.3 Å². The molecule has 4 aliphatic rings. The molecule has 348 valence electrons. The lowest BCUT2D eigenvalue weighted by molar-refractivity contribution is -0.320. The molecule has 1 amide bonds. The third-order valence-corrected chi connectivity index (χ3v) is 13.7. The van der Waals surface area contributed by atoms with Gasteiger partial charge in [-0.1, -0.05) is 32.8 Å². The zero-order chi connectivity index (χ0) is 45.9. The smallest absolute Gasteiger partial charge is 0.411 e. The summed E-state index contributed by atoms with van der Waals surface area (Å²) in [6, 6.07) is -1.33. The zero-order valence-corrected chi connectivity index (χ0v) is 38.7. The van der Waals surface area contributed by atoms with Crippen molar-refractivity contribution in [3.8, 4) is 0 Å². The Balaban J connectivity index is 1.91. The van der Waals surface area contributed by atoms with Crippen LogP contribution < -0.4 is 0 Å². The van der Waals surface area contributed by atoms with Crippen molar-refractivity contribution in [3.05, 3.63) is 10.4 Å². The van der Waals surface area contributed by atoms with E-state index in [0.29, 0.717) is 6.42 Å². The van der Waals surface area contributed by atoms with E-state index < -0.39 is 120 Å². The van der Waals surface area contributed by atoms with Crippen molar-refractivity contribution in [3.63, 3.8) is 0 Å². The van der Waals surface area contributed by atoms with Gasteiger partial charge in [0.05, 0.1) is 42.0 Å².